The van der Waals surface area contributed by atoms with Crippen LogP contribution in [0.3, 0.4) is 0 Å². The third-order valence-corrected chi connectivity index (χ3v) is 6.45. The van der Waals surface area contributed by atoms with Crippen LogP contribution in [0.15, 0.2) is 78.9 Å². The van der Waals surface area contributed by atoms with Crippen LogP contribution >= 0.6 is 0 Å². The van der Waals surface area contributed by atoms with E-state index in [4.69, 9.17) is 4.74 Å². The fourth-order valence-electron chi connectivity index (χ4n) is 4.39. The number of carbonyl (C=O) groups excluding carboxylic acids is 2. The number of aryl methyl sites for hydroxylation is 2. The van der Waals surface area contributed by atoms with Crippen LogP contribution in [0.25, 0.3) is 0 Å². The van der Waals surface area contributed by atoms with E-state index in [0.29, 0.717) is 29.7 Å². The first-order chi connectivity index (χ1) is 18.9. The Morgan fingerprint density at radius 2 is 1.59 bits per heavy atom. The van der Waals surface area contributed by atoms with Gasteiger partial charge in [-0.05, 0) is 62.4 Å². The number of benzene rings is 3. The molecular weight excluding hydrogens is 492 g/mol. The van der Waals surface area contributed by atoms with Crippen molar-refractivity contribution in [1.29, 1.82) is 0 Å². The van der Waals surface area contributed by atoms with Crippen LogP contribution in [0, 0.1) is 19.8 Å². The molecular formula is C30H30N6O3. The molecule has 39 heavy (non-hydrogen) atoms. The Hall–Kier alpha value is -4.92. The number of rotatable bonds is 8. The Bertz CT molecular complexity index is 1490. The van der Waals surface area contributed by atoms with Crippen molar-refractivity contribution < 1.29 is 14.3 Å². The molecule has 1 fully saturated rings. The molecule has 0 radical (unpaired) electrons. The SMILES string of the molecule is COc1cccc(N2C[C@@H](C(=O)Nc3ccc(Nc4nc(C)cc(Nc5ccc(C)cc5)n4)cc3)CC2=O)c1. The summed E-state index contributed by atoms with van der Waals surface area (Å²) in [7, 11) is 1.58. The second-order valence-electron chi connectivity index (χ2n) is 9.51. The number of nitrogens with zero attached hydrogens (tertiary/aromatic N) is 3. The van der Waals surface area contributed by atoms with E-state index < -0.39 is 5.92 Å². The van der Waals surface area contributed by atoms with Crippen molar-refractivity contribution in [2.24, 2.45) is 5.92 Å². The van der Waals surface area contributed by atoms with Crippen LogP contribution in [0.5, 0.6) is 5.75 Å². The zero-order chi connectivity index (χ0) is 27.4. The summed E-state index contributed by atoms with van der Waals surface area (Å²) in [5.41, 5.74) is 5.10. The van der Waals surface area contributed by atoms with E-state index in [-0.39, 0.29) is 18.2 Å². The fraction of sp³-hybridized carbons (Fsp3) is 0.200. The number of aromatic nitrogens is 2. The maximum atomic E-state index is 12.9. The van der Waals surface area contributed by atoms with Gasteiger partial charge in [0.15, 0.2) is 0 Å². The zero-order valence-electron chi connectivity index (χ0n) is 22.1. The van der Waals surface area contributed by atoms with Gasteiger partial charge in [0.1, 0.15) is 11.6 Å². The molecule has 3 N–H and O–H groups in total. The minimum absolute atomic E-state index is 0.0858. The van der Waals surface area contributed by atoms with Gasteiger partial charge in [0.2, 0.25) is 17.8 Å². The third kappa shape index (κ3) is 6.32. The maximum Gasteiger partial charge on any atom is 0.229 e. The number of hydrogen-bond acceptors (Lipinski definition) is 7. The molecule has 2 heterocycles. The summed E-state index contributed by atoms with van der Waals surface area (Å²) in [4.78, 5) is 36.2. The van der Waals surface area contributed by atoms with Crippen molar-refractivity contribution in [1.82, 2.24) is 9.97 Å². The highest BCUT2D eigenvalue weighted by molar-refractivity contribution is 6.03. The molecule has 1 aliphatic heterocycles. The summed E-state index contributed by atoms with van der Waals surface area (Å²) in [5, 5.41) is 9.45. The highest BCUT2D eigenvalue weighted by Crippen LogP contribution is 2.29. The largest absolute Gasteiger partial charge is 0.497 e. The molecule has 198 valence electrons. The number of anilines is 6. The van der Waals surface area contributed by atoms with Crippen molar-refractivity contribution in [3.05, 3.63) is 90.1 Å². The molecule has 1 aromatic heterocycles. The second-order valence-corrected chi connectivity index (χ2v) is 9.51. The molecule has 0 saturated carbocycles. The molecule has 9 heteroatoms. The average Bonchev–Trinajstić information content (AvgIpc) is 3.32. The van der Waals surface area contributed by atoms with E-state index in [1.54, 1.807) is 30.2 Å². The first kappa shape index (κ1) is 25.7. The van der Waals surface area contributed by atoms with Gasteiger partial charge in [-0.1, -0.05) is 23.8 Å². The Labute approximate surface area is 227 Å². The van der Waals surface area contributed by atoms with Crippen molar-refractivity contribution in [3.8, 4) is 5.75 Å². The third-order valence-electron chi connectivity index (χ3n) is 6.45. The quantitative estimate of drug-likeness (QED) is 0.277. The van der Waals surface area contributed by atoms with Gasteiger partial charge in [-0.25, -0.2) is 4.98 Å². The minimum Gasteiger partial charge on any atom is -0.497 e. The molecule has 3 aromatic carbocycles. The monoisotopic (exact) mass is 522 g/mol. The van der Waals surface area contributed by atoms with Gasteiger partial charge in [-0.15, -0.1) is 0 Å². The first-order valence-electron chi connectivity index (χ1n) is 12.7. The van der Waals surface area contributed by atoms with E-state index in [1.165, 1.54) is 5.56 Å². The Balaban J connectivity index is 1.20. The molecule has 9 nitrogen and oxygen atoms in total. The van der Waals surface area contributed by atoms with E-state index in [1.807, 2.05) is 74.5 Å². The Morgan fingerprint density at radius 3 is 2.33 bits per heavy atom. The smallest absolute Gasteiger partial charge is 0.229 e. The van der Waals surface area contributed by atoms with E-state index >= 15 is 0 Å². The lowest BCUT2D eigenvalue weighted by atomic mass is 10.1. The van der Waals surface area contributed by atoms with E-state index in [0.717, 1.165) is 22.8 Å². The standard InChI is InChI=1S/C30H30N6O3/c1-19-7-9-22(10-8-19)32-27-15-20(2)31-30(35-27)34-24-13-11-23(12-14-24)33-29(38)21-16-28(37)36(18-21)25-5-4-6-26(17-25)39-3/h4-15,17,21H,16,18H2,1-3H3,(H,33,38)(H2,31,32,34,35)/t21-/m0/s1. The average molecular weight is 523 g/mol. The van der Waals surface area contributed by atoms with Crippen LogP contribution in [0.2, 0.25) is 0 Å². The topological polar surface area (TPSA) is 108 Å². The first-order valence-corrected chi connectivity index (χ1v) is 12.7. The molecule has 5 rings (SSSR count). The van der Waals surface area contributed by atoms with Crippen molar-refractivity contribution in [3.63, 3.8) is 0 Å². The van der Waals surface area contributed by atoms with Gasteiger partial charge in [-0.3, -0.25) is 9.59 Å². The van der Waals surface area contributed by atoms with Gasteiger partial charge in [-0.2, -0.15) is 4.98 Å². The lowest BCUT2D eigenvalue weighted by Crippen LogP contribution is -2.28. The number of carbonyl (C=O) groups is 2. The van der Waals surface area contributed by atoms with Crippen LogP contribution in [-0.4, -0.2) is 35.4 Å². The molecule has 4 aromatic rings. The highest BCUT2D eigenvalue weighted by Gasteiger charge is 2.35. The maximum absolute atomic E-state index is 12.9. The van der Waals surface area contributed by atoms with Crippen LogP contribution in [-0.2, 0) is 9.59 Å². The number of methoxy groups -OCH3 is 1. The van der Waals surface area contributed by atoms with Crippen LogP contribution < -0.4 is 25.6 Å². The number of amides is 2. The molecule has 0 aliphatic carbocycles. The van der Waals surface area contributed by atoms with Crippen molar-refractivity contribution in [2.75, 3.05) is 34.5 Å². The summed E-state index contributed by atoms with van der Waals surface area (Å²) in [6.07, 6.45) is 0.159. The predicted octanol–water partition coefficient (Wildman–Crippen LogP) is 5.58. The molecule has 1 saturated heterocycles. The van der Waals surface area contributed by atoms with Crippen molar-refractivity contribution >= 4 is 46.3 Å². The van der Waals surface area contributed by atoms with E-state index in [2.05, 4.69) is 25.9 Å². The lowest BCUT2D eigenvalue weighted by molar-refractivity contribution is -0.122. The summed E-state index contributed by atoms with van der Waals surface area (Å²) in [5.74, 6) is 1.09. The fourth-order valence-corrected chi connectivity index (χ4v) is 4.39. The van der Waals surface area contributed by atoms with Gasteiger partial charge >= 0.3 is 0 Å². The summed E-state index contributed by atoms with van der Waals surface area (Å²) in [6.45, 7) is 4.28. The van der Waals surface area contributed by atoms with Gasteiger partial charge < -0.3 is 25.6 Å². The summed E-state index contributed by atoms with van der Waals surface area (Å²) < 4.78 is 5.26. The highest BCUT2D eigenvalue weighted by atomic mass is 16.5. The van der Waals surface area contributed by atoms with E-state index in [9.17, 15) is 9.59 Å². The number of nitrogens with one attached hydrogen (secondary N) is 3. The van der Waals surface area contributed by atoms with Crippen LogP contribution in [0.4, 0.5) is 34.5 Å². The van der Waals surface area contributed by atoms with Gasteiger partial charge in [0, 0.05) is 53.5 Å². The molecule has 1 aliphatic rings. The Kier molecular flexibility index (Phi) is 7.40. The molecule has 1 atom stereocenters. The number of ether oxygens (including phenoxy) is 1. The van der Waals surface area contributed by atoms with Crippen molar-refractivity contribution in [2.45, 2.75) is 20.3 Å². The van der Waals surface area contributed by atoms with Gasteiger partial charge in [0.05, 0.1) is 13.0 Å². The van der Waals surface area contributed by atoms with Crippen LogP contribution in [0.1, 0.15) is 17.7 Å². The molecule has 0 spiro atoms. The Morgan fingerprint density at radius 1 is 0.897 bits per heavy atom. The second kappa shape index (κ2) is 11.2. The number of hydrogen-bond donors (Lipinski definition) is 3. The zero-order valence-corrected chi connectivity index (χ0v) is 22.1. The predicted molar refractivity (Wildman–Crippen MR) is 153 cm³/mol. The molecule has 2 amide bonds. The molecule has 0 unspecified atom stereocenters. The van der Waals surface area contributed by atoms with Gasteiger partial charge in [0.25, 0.3) is 0 Å². The summed E-state index contributed by atoms with van der Waals surface area (Å²) >= 11 is 0. The normalized spacial score (nSPS) is 14.7. The molecule has 0 bridgehead atoms. The minimum atomic E-state index is -0.443. The summed E-state index contributed by atoms with van der Waals surface area (Å²) in [6, 6.07) is 24.5. The lowest BCUT2D eigenvalue weighted by Gasteiger charge is -2.17.